The van der Waals surface area contributed by atoms with Gasteiger partial charge in [-0.1, -0.05) is 0 Å². The SMILES string of the molecule is COc1ccc(-n2ccc(=O)cc2)cc1. The molecule has 15 heavy (non-hydrogen) atoms. The van der Waals surface area contributed by atoms with Gasteiger partial charge < -0.3 is 9.30 Å². The van der Waals surface area contributed by atoms with E-state index in [9.17, 15) is 4.79 Å². The minimum absolute atomic E-state index is 0.0137. The largest absolute Gasteiger partial charge is 0.497 e. The monoisotopic (exact) mass is 201 g/mol. The van der Waals surface area contributed by atoms with Gasteiger partial charge in [0.2, 0.25) is 0 Å². The van der Waals surface area contributed by atoms with E-state index in [1.54, 1.807) is 19.5 Å². The molecule has 0 bridgehead atoms. The van der Waals surface area contributed by atoms with Gasteiger partial charge in [0, 0.05) is 30.2 Å². The van der Waals surface area contributed by atoms with Gasteiger partial charge in [0.25, 0.3) is 0 Å². The maximum atomic E-state index is 10.9. The maximum absolute atomic E-state index is 10.9. The fraction of sp³-hybridized carbons (Fsp3) is 0.0833. The Morgan fingerprint density at radius 3 is 2.13 bits per heavy atom. The van der Waals surface area contributed by atoms with Gasteiger partial charge in [-0.25, -0.2) is 0 Å². The van der Waals surface area contributed by atoms with Gasteiger partial charge in [-0.3, -0.25) is 4.79 Å². The summed E-state index contributed by atoms with van der Waals surface area (Å²) < 4.78 is 6.94. The standard InChI is InChI=1S/C12H11NO2/c1-15-12-4-2-10(3-5-12)13-8-6-11(14)7-9-13/h2-9H,1H3. The molecule has 0 aliphatic carbocycles. The summed E-state index contributed by atoms with van der Waals surface area (Å²) in [5.74, 6) is 0.819. The zero-order chi connectivity index (χ0) is 10.7. The van der Waals surface area contributed by atoms with Gasteiger partial charge in [-0.05, 0) is 24.3 Å². The number of hydrogen-bond acceptors (Lipinski definition) is 2. The van der Waals surface area contributed by atoms with Gasteiger partial charge in [0.05, 0.1) is 7.11 Å². The summed E-state index contributed by atoms with van der Waals surface area (Å²) in [5.41, 5.74) is 1.01. The van der Waals surface area contributed by atoms with Crippen LogP contribution in [-0.2, 0) is 0 Å². The Morgan fingerprint density at radius 1 is 1.00 bits per heavy atom. The van der Waals surface area contributed by atoms with Gasteiger partial charge in [-0.15, -0.1) is 0 Å². The van der Waals surface area contributed by atoms with Crippen LogP contribution >= 0.6 is 0 Å². The van der Waals surface area contributed by atoms with Crippen molar-refractivity contribution in [1.29, 1.82) is 0 Å². The second-order valence-electron chi connectivity index (χ2n) is 3.14. The number of aromatic nitrogens is 1. The van der Waals surface area contributed by atoms with E-state index in [-0.39, 0.29) is 5.43 Å². The third-order valence-electron chi connectivity index (χ3n) is 2.17. The average molecular weight is 201 g/mol. The van der Waals surface area contributed by atoms with Gasteiger partial charge >= 0.3 is 0 Å². The lowest BCUT2D eigenvalue weighted by molar-refractivity contribution is 0.414. The van der Waals surface area contributed by atoms with E-state index < -0.39 is 0 Å². The summed E-state index contributed by atoms with van der Waals surface area (Å²) in [6.45, 7) is 0. The van der Waals surface area contributed by atoms with Crippen LogP contribution in [0.1, 0.15) is 0 Å². The molecule has 0 spiro atoms. The predicted octanol–water partition coefficient (Wildman–Crippen LogP) is 1.85. The van der Waals surface area contributed by atoms with Gasteiger partial charge in [-0.2, -0.15) is 0 Å². The molecule has 2 aromatic rings. The first-order valence-corrected chi connectivity index (χ1v) is 4.62. The van der Waals surface area contributed by atoms with Crippen molar-refractivity contribution in [3.05, 3.63) is 59.0 Å². The van der Waals surface area contributed by atoms with Crippen molar-refractivity contribution in [3.8, 4) is 11.4 Å². The van der Waals surface area contributed by atoms with Crippen molar-refractivity contribution in [2.75, 3.05) is 7.11 Å². The lowest BCUT2D eigenvalue weighted by Gasteiger charge is -2.06. The first kappa shape index (κ1) is 9.52. The molecule has 3 heteroatoms. The van der Waals surface area contributed by atoms with E-state index in [0.717, 1.165) is 11.4 Å². The molecule has 0 amide bonds. The van der Waals surface area contributed by atoms with Crippen LogP contribution in [0, 0.1) is 0 Å². The molecule has 0 atom stereocenters. The molecule has 1 heterocycles. The van der Waals surface area contributed by atoms with E-state index in [0.29, 0.717) is 0 Å². The zero-order valence-electron chi connectivity index (χ0n) is 8.38. The Labute approximate surface area is 87.6 Å². The quantitative estimate of drug-likeness (QED) is 0.742. The van der Waals surface area contributed by atoms with Crippen LogP contribution in [0.5, 0.6) is 5.75 Å². The molecule has 0 aliphatic heterocycles. The highest BCUT2D eigenvalue weighted by Crippen LogP contribution is 2.13. The lowest BCUT2D eigenvalue weighted by atomic mass is 10.3. The van der Waals surface area contributed by atoms with Crippen molar-refractivity contribution < 1.29 is 4.74 Å². The van der Waals surface area contributed by atoms with Gasteiger partial charge in [0.1, 0.15) is 5.75 Å². The summed E-state index contributed by atoms with van der Waals surface area (Å²) in [7, 11) is 1.63. The topological polar surface area (TPSA) is 31.2 Å². The molecular formula is C12H11NO2. The van der Waals surface area contributed by atoms with Crippen molar-refractivity contribution in [1.82, 2.24) is 4.57 Å². The Bertz CT molecular complexity index is 479. The summed E-state index contributed by atoms with van der Waals surface area (Å²) in [6, 6.07) is 10.7. The molecule has 0 unspecified atom stereocenters. The highest BCUT2D eigenvalue weighted by atomic mass is 16.5. The third kappa shape index (κ3) is 2.07. The van der Waals surface area contributed by atoms with E-state index >= 15 is 0 Å². The van der Waals surface area contributed by atoms with Crippen LogP contribution in [0.3, 0.4) is 0 Å². The smallest absolute Gasteiger partial charge is 0.181 e. The molecule has 1 aromatic carbocycles. The van der Waals surface area contributed by atoms with Crippen LogP contribution in [0.15, 0.2) is 53.6 Å². The zero-order valence-corrected chi connectivity index (χ0v) is 8.38. The number of nitrogens with zero attached hydrogens (tertiary/aromatic N) is 1. The Kier molecular flexibility index (Phi) is 2.54. The third-order valence-corrected chi connectivity index (χ3v) is 2.17. The molecule has 0 saturated carbocycles. The number of hydrogen-bond donors (Lipinski definition) is 0. The molecule has 2 rings (SSSR count). The first-order valence-electron chi connectivity index (χ1n) is 4.62. The molecule has 1 aromatic heterocycles. The number of pyridine rings is 1. The molecule has 76 valence electrons. The molecule has 0 N–H and O–H groups in total. The van der Waals surface area contributed by atoms with E-state index in [2.05, 4.69) is 0 Å². The highest BCUT2D eigenvalue weighted by molar-refractivity contribution is 5.37. The second kappa shape index (κ2) is 4.00. The Hall–Kier alpha value is -2.03. The van der Waals surface area contributed by atoms with Gasteiger partial charge in [0.15, 0.2) is 5.43 Å². The number of methoxy groups -OCH3 is 1. The summed E-state index contributed by atoms with van der Waals surface area (Å²) in [5, 5.41) is 0. The minimum Gasteiger partial charge on any atom is -0.497 e. The summed E-state index contributed by atoms with van der Waals surface area (Å²) >= 11 is 0. The molecule has 0 radical (unpaired) electrons. The van der Waals surface area contributed by atoms with Crippen LogP contribution in [0.2, 0.25) is 0 Å². The fourth-order valence-electron chi connectivity index (χ4n) is 1.34. The van der Waals surface area contributed by atoms with E-state index in [1.807, 2.05) is 28.8 Å². The first-order chi connectivity index (χ1) is 7.29. The summed E-state index contributed by atoms with van der Waals surface area (Å²) in [4.78, 5) is 10.9. The van der Waals surface area contributed by atoms with E-state index in [4.69, 9.17) is 4.74 Å². The lowest BCUT2D eigenvalue weighted by Crippen LogP contribution is -2.01. The Morgan fingerprint density at radius 2 is 1.60 bits per heavy atom. The number of ether oxygens (including phenoxy) is 1. The normalized spacial score (nSPS) is 9.93. The second-order valence-corrected chi connectivity index (χ2v) is 3.14. The van der Waals surface area contributed by atoms with Crippen LogP contribution in [-0.4, -0.2) is 11.7 Å². The van der Waals surface area contributed by atoms with Crippen molar-refractivity contribution in [2.24, 2.45) is 0 Å². The molecule has 0 fully saturated rings. The van der Waals surface area contributed by atoms with Crippen LogP contribution in [0.25, 0.3) is 5.69 Å². The van der Waals surface area contributed by atoms with Crippen molar-refractivity contribution in [3.63, 3.8) is 0 Å². The van der Waals surface area contributed by atoms with Crippen LogP contribution in [0.4, 0.5) is 0 Å². The fourth-order valence-corrected chi connectivity index (χ4v) is 1.34. The minimum atomic E-state index is 0.0137. The van der Waals surface area contributed by atoms with Crippen LogP contribution < -0.4 is 10.2 Å². The Balaban J connectivity index is 2.37. The number of benzene rings is 1. The van der Waals surface area contributed by atoms with Crippen molar-refractivity contribution >= 4 is 0 Å². The molecular weight excluding hydrogens is 190 g/mol. The average Bonchev–Trinajstić information content (AvgIpc) is 2.30. The molecule has 3 nitrogen and oxygen atoms in total. The molecule has 0 aliphatic rings. The predicted molar refractivity (Wildman–Crippen MR) is 58.6 cm³/mol. The van der Waals surface area contributed by atoms with Crippen molar-refractivity contribution in [2.45, 2.75) is 0 Å². The highest BCUT2D eigenvalue weighted by Gasteiger charge is 1.94. The van der Waals surface area contributed by atoms with E-state index in [1.165, 1.54) is 12.1 Å². The maximum Gasteiger partial charge on any atom is 0.181 e. The summed E-state index contributed by atoms with van der Waals surface area (Å²) in [6.07, 6.45) is 3.48. The molecule has 0 saturated heterocycles. The number of rotatable bonds is 2.